The van der Waals surface area contributed by atoms with Crippen molar-refractivity contribution >= 4 is 17.2 Å². The van der Waals surface area contributed by atoms with Crippen LogP contribution in [0.15, 0.2) is 11.3 Å². The molecule has 0 spiro atoms. The van der Waals surface area contributed by atoms with Crippen molar-refractivity contribution in [1.29, 1.82) is 0 Å². The van der Waals surface area contributed by atoms with Gasteiger partial charge in [-0.2, -0.15) is 0 Å². The van der Waals surface area contributed by atoms with Crippen molar-refractivity contribution in [1.82, 2.24) is 4.90 Å². The lowest BCUT2D eigenvalue weighted by molar-refractivity contribution is 0.411. The highest BCUT2D eigenvalue weighted by atomic mass is 32.1. The average Bonchev–Trinajstić information content (AvgIpc) is 2.07. The lowest BCUT2D eigenvalue weighted by Crippen LogP contribution is -2.36. The third-order valence-corrected chi connectivity index (χ3v) is 3.28. The first kappa shape index (κ1) is 8.24. The van der Waals surface area contributed by atoms with Crippen LogP contribution in [0.5, 0.6) is 0 Å². The molecule has 1 fully saturated rings. The molecule has 2 aliphatic heterocycles. The Kier molecular flexibility index (Phi) is 2.18. The van der Waals surface area contributed by atoms with E-state index < -0.39 is 0 Å². The molecule has 0 N–H and O–H groups in total. The van der Waals surface area contributed by atoms with E-state index in [9.17, 15) is 0 Å². The molecular formula is C10H15NS. The molecule has 0 bridgehead atoms. The van der Waals surface area contributed by atoms with Gasteiger partial charge in [-0.15, -0.1) is 0 Å². The van der Waals surface area contributed by atoms with Gasteiger partial charge in [0, 0.05) is 12.2 Å². The molecule has 0 aromatic rings. The fourth-order valence-corrected chi connectivity index (χ4v) is 2.52. The molecule has 0 aromatic carbocycles. The molecule has 0 aliphatic carbocycles. The number of allylic oxidation sites excluding steroid dienone is 2. The van der Waals surface area contributed by atoms with Crippen LogP contribution in [-0.2, 0) is 0 Å². The van der Waals surface area contributed by atoms with Crippen LogP contribution in [-0.4, -0.2) is 16.4 Å². The summed E-state index contributed by atoms with van der Waals surface area (Å²) in [5, 5.41) is 0. The zero-order chi connectivity index (χ0) is 8.55. The van der Waals surface area contributed by atoms with Gasteiger partial charge in [-0.3, -0.25) is 0 Å². The maximum absolute atomic E-state index is 5.35. The summed E-state index contributed by atoms with van der Waals surface area (Å²) in [4.78, 5) is 3.55. The highest BCUT2D eigenvalue weighted by Gasteiger charge is 2.23. The minimum Gasteiger partial charge on any atom is -0.340 e. The van der Waals surface area contributed by atoms with E-state index in [-0.39, 0.29) is 0 Å². The second-order valence-electron chi connectivity index (χ2n) is 3.73. The first-order chi connectivity index (χ1) is 5.79. The Morgan fingerprint density at radius 1 is 1.17 bits per heavy atom. The van der Waals surface area contributed by atoms with Gasteiger partial charge in [-0.05, 0) is 39.0 Å². The van der Waals surface area contributed by atoms with Gasteiger partial charge in [0.2, 0.25) is 0 Å². The Morgan fingerprint density at radius 2 is 2.00 bits per heavy atom. The number of hydrogen-bond acceptors (Lipinski definition) is 1. The van der Waals surface area contributed by atoms with Crippen LogP contribution in [0.4, 0.5) is 0 Å². The highest BCUT2D eigenvalue weighted by Crippen LogP contribution is 2.30. The lowest BCUT2D eigenvalue weighted by Gasteiger charge is -2.37. The van der Waals surface area contributed by atoms with Crippen molar-refractivity contribution in [2.75, 3.05) is 6.54 Å². The van der Waals surface area contributed by atoms with Gasteiger partial charge in [-0.25, -0.2) is 0 Å². The first-order valence-electron chi connectivity index (χ1n) is 4.78. The van der Waals surface area contributed by atoms with Crippen LogP contribution in [0.1, 0.15) is 39.0 Å². The van der Waals surface area contributed by atoms with Gasteiger partial charge in [0.05, 0.1) is 4.99 Å². The maximum Gasteiger partial charge on any atom is 0.0821 e. The number of rotatable bonds is 0. The van der Waals surface area contributed by atoms with Gasteiger partial charge < -0.3 is 4.90 Å². The lowest BCUT2D eigenvalue weighted by atomic mass is 9.96. The van der Waals surface area contributed by atoms with Crippen molar-refractivity contribution in [3.63, 3.8) is 0 Å². The molecule has 66 valence electrons. The monoisotopic (exact) mass is 181 g/mol. The second-order valence-corrected chi connectivity index (χ2v) is 4.20. The summed E-state index contributed by atoms with van der Waals surface area (Å²) in [6.45, 7) is 3.43. The van der Waals surface area contributed by atoms with Gasteiger partial charge in [0.1, 0.15) is 0 Å². The summed E-state index contributed by atoms with van der Waals surface area (Å²) in [5.74, 6) is 0. The molecule has 0 amide bonds. The smallest absolute Gasteiger partial charge is 0.0821 e. The molecule has 0 unspecified atom stereocenters. The fourth-order valence-electron chi connectivity index (χ4n) is 2.18. The Morgan fingerprint density at radius 3 is 2.75 bits per heavy atom. The van der Waals surface area contributed by atoms with E-state index >= 15 is 0 Å². The van der Waals surface area contributed by atoms with Crippen LogP contribution >= 0.6 is 12.2 Å². The van der Waals surface area contributed by atoms with E-state index in [2.05, 4.69) is 11.8 Å². The predicted molar refractivity (Wildman–Crippen MR) is 55.1 cm³/mol. The molecular weight excluding hydrogens is 166 g/mol. The van der Waals surface area contributed by atoms with Gasteiger partial charge in [0.15, 0.2) is 0 Å². The minimum absolute atomic E-state index is 1.13. The molecule has 2 heterocycles. The van der Waals surface area contributed by atoms with Gasteiger partial charge in [-0.1, -0.05) is 17.8 Å². The van der Waals surface area contributed by atoms with E-state index in [1.807, 2.05) is 0 Å². The zero-order valence-corrected chi connectivity index (χ0v) is 8.41. The standard InChI is InChI=1S/C10H15NS/c1-8-4-3-7-11-9(8)5-2-6-10(11)12/h2-7H2,1H3. The third kappa shape index (κ3) is 1.28. The van der Waals surface area contributed by atoms with Crippen LogP contribution in [0, 0.1) is 0 Å². The van der Waals surface area contributed by atoms with E-state index in [1.54, 1.807) is 5.57 Å². The number of piperidine rings is 1. The molecule has 2 rings (SSSR count). The van der Waals surface area contributed by atoms with Crippen molar-refractivity contribution in [3.8, 4) is 0 Å². The summed E-state index contributed by atoms with van der Waals surface area (Å²) in [7, 11) is 0. The number of fused-ring (bicyclic) bond motifs is 1. The van der Waals surface area contributed by atoms with Crippen molar-refractivity contribution in [3.05, 3.63) is 11.3 Å². The summed E-state index contributed by atoms with van der Waals surface area (Å²) in [5.41, 5.74) is 3.11. The quantitative estimate of drug-likeness (QED) is 0.529. The minimum atomic E-state index is 1.13. The van der Waals surface area contributed by atoms with Crippen LogP contribution in [0.2, 0.25) is 0 Å². The summed E-state index contributed by atoms with van der Waals surface area (Å²) in [6, 6.07) is 0. The topological polar surface area (TPSA) is 3.24 Å². The third-order valence-electron chi connectivity index (χ3n) is 2.86. The first-order valence-corrected chi connectivity index (χ1v) is 5.19. The van der Waals surface area contributed by atoms with Crippen molar-refractivity contribution < 1.29 is 0 Å². The molecule has 0 radical (unpaired) electrons. The van der Waals surface area contributed by atoms with Crippen molar-refractivity contribution in [2.24, 2.45) is 0 Å². The molecule has 0 aromatic heterocycles. The molecule has 1 nitrogen and oxygen atoms in total. The van der Waals surface area contributed by atoms with Crippen molar-refractivity contribution in [2.45, 2.75) is 39.0 Å². The van der Waals surface area contributed by atoms with E-state index in [1.165, 1.54) is 42.9 Å². The fraction of sp³-hybridized carbons (Fsp3) is 0.700. The summed E-state index contributed by atoms with van der Waals surface area (Å²) in [6.07, 6.45) is 6.23. The molecule has 2 heteroatoms. The predicted octanol–water partition coefficient (Wildman–Crippen LogP) is 2.87. The normalized spacial score (nSPS) is 24.4. The van der Waals surface area contributed by atoms with Crippen LogP contribution < -0.4 is 0 Å². The number of hydrogen-bond donors (Lipinski definition) is 0. The second kappa shape index (κ2) is 3.17. The summed E-state index contributed by atoms with van der Waals surface area (Å²) < 4.78 is 0. The molecule has 1 saturated heterocycles. The Hall–Kier alpha value is -0.370. The highest BCUT2D eigenvalue weighted by molar-refractivity contribution is 7.80. The maximum atomic E-state index is 5.35. The largest absolute Gasteiger partial charge is 0.340 e. The number of nitrogens with zero attached hydrogens (tertiary/aromatic N) is 1. The Balaban J connectivity index is 2.29. The Bertz CT molecular complexity index is 242. The van der Waals surface area contributed by atoms with Gasteiger partial charge in [0.25, 0.3) is 0 Å². The molecule has 2 aliphatic rings. The average molecular weight is 181 g/mol. The Labute approximate surface area is 79.4 Å². The van der Waals surface area contributed by atoms with E-state index in [0.717, 1.165) is 6.42 Å². The number of thiocarbonyl (C=S) groups is 1. The summed E-state index contributed by atoms with van der Waals surface area (Å²) >= 11 is 5.35. The zero-order valence-electron chi connectivity index (χ0n) is 7.60. The van der Waals surface area contributed by atoms with E-state index in [0.29, 0.717) is 0 Å². The molecule has 12 heavy (non-hydrogen) atoms. The molecule has 0 saturated carbocycles. The van der Waals surface area contributed by atoms with Crippen LogP contribution in [0.3, 0.4) is 0 Å². The molecule has 0 atom stereocenters. The van der Waals surface area contributed by atoms with Gasteiger partial charge >= 0.3 is 0 Å². The van der Waals surface area contributed by atoms with E-state index in [4.69, 9.17) is 12.2 Å². The SMILES string of the molecule is CC1=C2CCCC(=S)N2CCC1. The van der Waals surface area contributed by atoms with Crippen LogP contribution in [0.25, 0.3) is 0 Å².